The van der Waals surface area contributed by atoms with Crippen LogP contribution in [0.1, 0.15) is 62.0 Å². The van der Waals surface area contributed by atoms with Crippen molar-refractivity contribution in [2.24, 2.45) is 5.73 Å². The number of ether oxygens (including phenoxy) is 1. The SMILES string of the molecule is C=C(Cl)c1cccc(Oc2ccc(C(=O)NC3CC(C)(C)NC(C)(C)C3)cc2)c1/C=C\N. The van der Waals surface area contributed by atoms with Crippen LogP contribution in [0.3, 0.4) is 0 Å². The van der Waals surface area contributed by atoms with E-state index in [0.717, 1.165) is 24.0 Å². The Kier molecular flexibility index (Phi) is 7.01. The van der Waals surface area contributed by atoms with Crippen LogP contribution in [0.25, 0.3) is 11.1 Å². The van der Waals surface area contributed by atoms with Crippen LogP contribution in [-0.2, 0) is 0 Å². The van der Waals surface area contributed by atoms with Crippen molar-refractivity contribution in [3.05, 3.63) is 71.9 Å². The van der Waals surface area contributed by atoms with Gasteiger partial charge < -0.3 is 21.1 Å². The minimum atomic E-state index is -0.0813. The van der Waals surface area contributed by atoms with E-state index in [1.54, 1.807) is 30.3 Å². The van der Waals surface area contributed by atoms with Crippen molar-refractivity contribution in [1.82, 2.24) is 10.6 Å². The second kappa shape index (κ2) is 9.39. The molecule has 0 unspecified atom stereocenters. The molecule has 0 radical (unpaired) electrons. The molecule has 1 fully saturated rings. The Hall–Kier alpha value is -2.76. The predicted molar refractivity (Wildman–Crippen MR) is 133 cm³/mol. The average molecular weight is 454 g/mol. The Bertz CT molecular complexity index is 1010. The molecule has 1 amide bonds. The monoisotopic (exact) mass is 453 g/mol. The van der Waals surface area contributed by atoms with Crippen LogP contribution in [0.5, 0.6) is 11.5 Å². The molecular formula is C26H32ClN3O2. The minimum Gasteiger partial charge on any atom is -0.457 e. The first-order chi connectivity index (χ1) is 15.0. The third kappa shape index (κ3) is 5.93. The first-order valence-electron chi connectivity index (χ1n) is 10.7. The van der Waals surface area contributed by atoms with Gasteiger partial charge in [-0.3, -0.25) is 4.79 Å². The van der Waals surface area contributed by atoms with Gasteiger partial charge in [-0.25, -0.2) is 0 Å². The number of hydrogen-bond acceptors (Lipinski definition) is 4. The zero-order chi connectivity index (χ0) is 23.5. The van der Waals surface area contributed by atoms with E-state index in [0.29, 0.717) is 22.1 Å². The molecule has 170 valence electrons. The van der Waals surface area contributed by atoms with Crippen molar-refractivity contribution in [1.29, 1.82) is 0 Å². The molecule has 1 heterocycles. The summed E-state index contributed by atoms with van der Waals surface area (Å²) >= 11 is 6.12. The third-order valence-corrected chi connectivity index (χ3v) is 5.69. The van der Waals surface area contributed by atoms with Crippen molar-refractivity contribution in [2.75, 3.05) is 0 Å². The van der Waals surface area contributed by atoms with Crippen LogP contribution in [0.4, 0.5) is 0 Å². The van der Waals surface area contributed by atoms with Gasteiger partial charge in [0.15, 0.2) is 0 Å². The summed E-state index contributed by atoms with van der Waals surface area (Å²) < 4.78 is 6.05. The van der Waals surface area contributed by atoms with Gasteiger partial charge in [-0.2, -0.15) is 0 Å². The van der Waals surface area contributed by atoms with Crippen molar-refractivity contribution < 1.29 is 9.53 Å². The van der Waals surface area contributed by atoms with Crippen molar-refractivity contribution in [3.63, 3.8) is 0 Å². The normalized spacial score (nSPS) is 17.8. The quantitative estimate of drug-likeness (QED) is 0.527. The van der Waals surface area contributed by atoms with E-state index in [4.69, 9.17) is 22.1 Å². The molecule has 2 aromatic carbocycles. The number of nitrogens with one attached hydrogen (secondary N) is 2. The number of carbonyl (C=O) groups is 1. The Morgan fingerprint density at radius 1 is 1.16 bits per heavy atom. The standard InChI is InChI=1S/C26H32ClN3O2/c1-17(27)21-7-6-8-23(22(21)13-14-28)32-20-11-9-18(10-12-20)24(31)29-19-15-25(2,3)30-26(4,5)16-19/h6-14,19,30H,1,15-16,28H2,2-5H3,(H,29,31)/b14-13-. The summed E-state index contributed by atoms with van der Waals surface area (Å²) in [5, 5.41) is 7.23. The maximum atomic E-state index is 12.8. The maximum Gasteiger partial charge on any atom is 0.251 e. The third-order valence-electron chi connectivity index (χ3n) is 5.49. The zero-order valence-electron chi connectivity index (χ0n) is 19.2. The zero-order valence-corrected chi connectivity index (χ0v) is 19.9. The highest BCUT2D eigenvalue weighted by molar-refractivity contribution is 6.48. The van der Waals surface area contributed by atoms with E-state index in [1.807, 2.05) is 18.2 Å². The molecular weight excluding hydrogens is 422 g/mol. The van der Waals surface area contributed by atoms with Gasteiger partial charge in [-0.05, 0) is 83.1 Å². The van der Waals surface area contributed by atoms with Gasteiger partial charge in [0.25, 0.3) is 5.91 Å². The minimum absolute atomic E-state index is 0.0318. The molecule has 0 spiro atoms. The van der Waals surface area contributed by atoms with Gasteiger partial charge >= 0.3 is 0 Å². The molecule has 2 aromatic rings. The van der Waals surface area contributed by atoms with E-state index in [2.05, 4.69) is 44.9 Å². The first-order valence-corrected chi connectivity index (χ1v) is 11.1. The summed E-state index contributed by atoms with van der Waals surface area (Å²) in [6.07, 6.45) is 4.91. The fraction of sp³-hybridized carbons (Fsp3) is 0.346. The van der Waals surface area contributed by atoms with Crippen LogP contribution in [0.2, 0.25) is 0 Å². The van der Waals surface area contributed by atoms with E-state index in [1.165, 1.54) is 6.20 Å². The number of hydrogen-bond donors (Lipinski definition) is 3. The smallest absolute Gasteiger partial charge is 0.251 e. The summed E-state index contributed by atoms with van der Waals surface area (Å²) in [7, 11) is 0. The van der Waals surface area contributed by atoms with Gasteiger partial charge in [0, 0.05) is 38.8 Å². The van der Waals surface area contributed by atoms with Gasteiger partial charge in [0.05, 0.1) is 0 Å². The summed E-state index contributed by atoms with van der Waals surface area (Å²) in [5.74, 6) is 1.12. The Morgan fingerprint density at radius 2 is 1.78 bits per heavy atom. The fourth-order valence-corrected chi connectivity index (χ4v) is 4.80. The highest BCUT2D eigenvalue weighted by Gasteiger charge is 2.38. The van der Waals surface area contributed by atoms with E-state index in [9.17, 15) is 4.79 Å². The lowest BCUT2D eigenvalue weighted by atomic mass is 9.79. The first kappa shape index (κ1) is 23.9. The highest BCUT2D eigenvalue weighted by Crippen LogP contribution is 2.33. The molecule has 5 nitrogen and oxygen atoms in total. The lowest BCUT2D eigenvalue weighted by Crippen LogP contribution is -2.62. The maximum absolute atomic E-state index is 12.8. The molecule has 6 heteroatoms. The molecule has 0 aliphatic carbocycles. The van der Waals surface area contributed by atoms with Crippen LogP contribution in [0, 0.1) is 0 Å². The number of halogens is 1. The van der Waals surface area contributed by atoms with Crippen LogP contribution in [0.15, 0.2) is 55.2 Å². The van der Waals surface area contributed by atoms with E-state index < -0.39 is 0 Å². The molecule has 1 saturated heterocycles. The topological polar surface area (TPSA) is 76.4 Å². The molecule has 0 aromatic heterocycles. The molecule has 4 N–H and O–H groups in total. The molecule has 0 bridgehead atoms. The van der Waals surface area contributed by atoms with Crippen molar-refractivity contribution >= 4 is 28.6 Å². The number of amides is 1. The number of nitrogens with two attached hydrogens (primary N) is 1. The number of piperidine rings is 1. The van der Waals surface area contributed by atoms with E-state index in [-0.39, 0.29) is 23.0 Å². The summed E-state index contributed by atoms with van der Waals surface area (Å²) in [6.45, 7) is 12.5. The van der Waals surface area contributed by atoms with Crippen LogP contribution >= 0.6 is 11.6 Å². The Morgan fingerprint density at radius 3 is 2.34 bits per heavy atom. The number of carbonyl (C=O) groups excluding carboxylic acids is 1. The molecule has 1 aliphatic heterocycles. The fourth-order valence-electron chi connectivity index (χ4n) is 4.63. The van der Waals surface area contributed by atoms with Crippen molar-refractivity contribution in [2.45, 2.75) is 57.7 Å². The second-order valence-electron chi connectivity index (χ2n) is 9.58. The largest absolute Gasteiger partial charge is 0.457 e. The molecule has 0 saturated carbocycles. The predicted octanol–water partition coefficient (Wildman–Crippen LogP) is 5.66. The highest BCUT2D eigenvalue weighted by atomic mass is 35.5. The van der Waals surface area contributed by atoms with E-state index >= 15 is 0 Å². The second-order valence-corrected chi connectivity index (χ2v) is 10.0. The average Bonchev–Trinajstić information content (AvgIpc) is 2.67. The van der Waals surface area contributed by atoms with Crippen LogP contribution < -0.4 is 21.1 Å². The number of benzene rings is 2. The number of rotatable bonds is 6. The summed E-state index contributed by atoms with van der Waals surface area (Å²) in [4.78, 5) is 12.8. The van der Waals surface area contributed by atoms with Crippen LogP contribution in [-0.4, -0.2) is 23.0 Å². The van der Waals surface area contributed by atoms with Gasteiger partial charge in [0.1, 0.15) is 11.5 Å². The molecule has 32 heavy (non-hydrogen) atoms. The van der Waals surface area contributed by atoms with Gasteiger partial charge in [0.2, 0.25) is 0 Å². The lowest BCUT2D eigenvalue weighted by molar-refractivity contribution is 0.0873. The Labute approximate surface area is 195 Å². The Balaban J connectivity index is 1.73. The molecule has 1 aliphatic rings. The lowest BCUT2D eigenvalue weighted by Gasteiger charge is -2.46. The van der Waals surface area contributed by atoms with Crippen molar-refractivity contribution in [3.8, 4) is 11.5 Å². The van der Waals surface area contributed by atoms with Gasteiger partial charge in [-0.1, -0.05) is 30.3 Å². The molecule has 0 atom stereocenters. The summed E-state index contributed by atoms with van der Waals surface area (Å²) in [6, 6.07) is 12.7. The summed E-state index contributed by atoms with van der Waals surface area (Å²) in [5.41, 5.74) is 7.62. The molecule has 3 rings (SSSR count). The van der Waals surface area contributed by atoms with Gasteiger partial charge in [-0.15, -0.1) is 0 Å².